The van der Waals surface area contributed by atoms with Crippen molar-refractivity contribution >= 4 is 5.97 Å². The first kappa shape index (κ1) is 7.54. The third-order valence-corrected chi connectivity index (χ3v) is 1.27. The average molecular weight is 144 g/mol. The molecule has 3 heteroatoms. The molecule has 0 radical (unpaired) electrons. The Labute approximate surface area is 60.3 Å². The van der Waals surface area contributed by atoms with E-state index in [-0.39, 0.29) is 12.6 Å². The molecule has 0 aromatic rings. The molecule has 0 spiro atoms. The van der Waals surface area contributed by atoms with Gasteiger partial charge >= 0.3 is 5.97 Å². The highest BCUT2D eigenvalue weighted by Gasteiger charge is 2.23. The zero-order chi connectivity index (χ0) is 7.40. The lowest BCUT2D eigenvalue weighted by Gasteiger charge is -2.00. The third-order valence-electron chi connectivity index (χ3n) is 1.27. The van der Waals surface area contributed by atoms with Crippen molar-refractivity contribution in [2.75, 3.05) is 13.2 Å². The molecule has 1 fully saturated rings. The maximum absolute atomic E-state index is 10.6. The summed E-state index contributed by atoms with van der Waals surface area (Å²) in [4.78, 5) is 10.6. The molecule has 58 valence electrons. The molecule has 1 aliphatic carbocycles. The van der Waals surface area contributed by atoms with Gasteiger partial charge in [-0.05, 0) is 19.8 Å². The largest absolute Gasteiger partial charge is 0.464 e. The van der Waals surface area contributed by atoms with Crippen LogP contribution < -0.4 is 0 Å². The maximum atomic E-state index is 10.6. The number of hydrogen-bond donors (Lipinski definition) is 0. The predicted molar refractivity (Wildman–Crippen MR) is 35.6 cm³/mol. The molecule has 0 heterocycles. The van der Waals surface area contributed by atoms with Crippen molar-refractivity contribution in [3.8, 4) is 0 Å². The summed E-state index contributed by atoms with van der Waals surface area (Å²) >= 11 is 0. The Kier molecular flexibility index (Phi) is 2.68. The quantitative estimate of drug-likeness (QED) is 0.545. The lowest BCUT2D eigenvalue weighted by Crippen LogP contribution is -2.12. The van der Waals surface area contributed by atoms with E-state index in [1.54, 1.807) is 6.92 Å². The van der Waals surface area contributed by atoms with Crippen LogP contribution in [-0.2, 0) is 14.3 Å². The SMILES string of the molecule is CCOC(=O)COC1CC1. The molecule has 0 aromatic carbocycles. The number of carbonyl (C=O) groups excluding carboxylic acids is 1. The van der Waals surface area contributed by atoms with Crippen LogP contribution in [0.1, 0.15) is 19.8 Å². The Bertz CT molecular complexity index is 118. The minimum atomic E-state index is -0.255. The van der Waals surface area contributed by atoms with Crippen molar-refractivity contribution in [3.63, 3.8) is 0 Å². The van der Waals surface area contributed by atoms with Gasteiger partial charge in [-0.1, -0.05) is 0 Å². The normalized spacial score (nSPS) is 16.9. The Morgan fingerprint density at radius 3 is 2.80 bits per heavy atom. The maximum Gasteiger partial charge on any atom is 0.332 e. The second-order valence-electron chi connectivity index (χ2n) is 2.32. The minimum absolute atomic E-state index is 0.124. The lowest BCUT2D eigenvalue weighted by atomic mass is 10.7. The van der Waals surface area contributed by atoms with Crippen molar-refractivity contribution in [1.29, 1.82) is 0 Å². The zero-order valence-corrected chi connectivity index (χ0v) is 6.13. The lowest BCUT2D eigenvalue weighted by molar-refractivity contribution is -0.148. The molecule has 0 unspecified atom stereocenters. The van der Waals surface area contributed by atoms with Crippen LogP contribution in [0.15, 0.2) is 0 Å². The molecule has 0 aromatic heterocycles. The summed E-state index contributed by atoms with van der Waals surface area (Å²) < 4.78 is 9.75. The van der Waals surface area contributed by atoms with Gasteiger partial charge in [0.05, 0.1) is 12.7 Å². The summed E-state index contributed by atoms with van der Waals surface area (Å²) in [5, 5.41) is 0. The van der Waals surface area contributed by atoms with E-state index in [0.717, 1.165) is 12.8 Å². The summed E-state index contributed by atoms with van der Waals surface area (Å²) in [7, 11) is 0. The van der Waals surface area contributed by atoms with Crippen molar-refractivity contribution in [1.82, 2.24) is 0 Å². The molecular weight excluding hydrogens is 132 g/mol. The van der Waals surface area contributed by atoms with Gasteiger partial charge in [0.15, 0.2) is 0 Å². The van der Waals surface area contributed by atoms with Crippen LogP contribution >= 0.6 is 0 Å². The van der Waals surface area contributed by atoms with Gasteiger partial charge in [-0.25, -0.2) is 4.79 Å². The Hall–Kier alpha value is -0.570. The molecule has 0 atom stereocenters. The fourth-order valence-electron chi connectivity index (χ4n) is 0.623. The topological polar surface area (TPSA) is 35.5 Å². The molecule has 0 aliphatic heterocycles. The molecule has 0 amide bonds. The van der Waals surface area contributed by atoms with E-state index in [9.17, 15) is 4.79 Å². The van der Waals surface area contributed by atoms with Crippen LogP contribution in [0, 0.1) is 0 Å². The van der Waals surface area contributed by atoms with Gasteiger partial charge in [0.25, 0.3) is 0 Å². The van der Waals surface area contributed by atoms with Gasteiger partial charge in [0, 0.05) is 0 Å². The molecule has 1 aliphatic rings. The van der Waals surface area contributed by atoms with Crippen LogP contribution in [0.5, 0.6) is 0 Å². The highest BCUT2D eigenvalue weighted by Crippen LogP contribution is 2.22. The summed E-state index contributed by atoms with van der Waals surface area (Å²) in [5.74, 6) is -0.255. The fourth-order valence-corrected chi connectivity index (χ4v) is 0.623. The van der Waals surface area contributed by atoms with Gasteiger partial charge < -0.3 is 9.47 Å². The van der Waals surface area contributed by atoms with Crippen molar-refractivity contribution in [3.05, 3.63) is 0 Å². The number of hydrogen-bond acceptors (Lipinski definition) is 3. The summed E-state index contributed by atoms with van der Waals surface area (Å²) in [6.45, 7) is 2.35. The van der Waals surface area contributed by atoms with E-state index in [4.69, 9.17) is 4.74 Å². The van der Waals surface area contributed by atoms with Crippen LogP contribution in [0.25, 0.3) is 0 Å². The molecule has 0 saturated heterocycles. The molecule has 3 nitrogen and oxygen atoms in total. The number of carbonyl (C=O) groups is 1. The van der Waals surface area contributed by atoms with Crippen LogP contribution in [-0.4, -0.2) is 25.3 Å². The standard InChI is InChI=1S/C7H12O3/c1-2-9-7(8)5-10-6-3-4-6/h6H,2-5H2,1H3. The first-order valence-corrected chi connectivity index (χ1v) is 3.60. The summed E-state index contributed by atoms with van der Waals surface area (Å²) in [6.07, 6.45) is 2.53. The first-order chi connectivity index (χ1) is 4.83. The highest BCUT2D eigenvalue weighted by atomic mass is 16.6. The Morgan fingerprint density at radius 2 is 2.30 bits per heavy atom. The average Bonchev–Trinajstić information content (AvgIpc) is 2.67. The zero-order valence-electron chi connectivity index (χ0n) is 6.13. The van der Waals surface area contributed by atoms with E-state index in [0.29, 0.717) is 12.7 Å². The smallest absolute Gasteiger partial charge is 0.332 e. The van der Waals surface area contributed by atoms with Crippen LogP contribution in [0.3, 0.4) is 0 Å². The second kappa shape index (κ2) is 3.56. The second-order valence-corrected chi connectivity index (χ2v) is 2.32. The van der Waals surface area contributed by atoms with E-state index in [1.165, 1.54) is 0 Å². The van der Waals surface area contributed by atoms with E-state index in [2.05, 4.69) is 4.74 Å². The van der Waals surface area contributed by atoms with Crippen LogP contribution in [0.2, 0.25) is 0 Å². The van der Waals surface area contributed by atoms with Gasteiger partial charge in [0.2, 0.25) is 0 Å². The number of rotatable bonds is 4. The van der Waals surface area contributed by atoms with Crippen molar-refractivity contribution < 1.29 is 14.3 Å². The molecule has 10 heavy (non-hydrogen) atoms. The van der Waals surface area contributed by atoms with Crippen LogP contribution in [0.4, 0.5) is 0 Å². The Morgan fingerprint density at radius 1 is 1.60 bits per heavy atom. The highest BCUT2D eigenvalue weighted by molar-refractivity contribution is 5.70. The molecule has 1 rings (SSSR count). The van der Waals surface area contributed by atoms with Gasteiger partial charge in [0.1, 0.15) is 6.61 Å². The van der Waals surface area contributed by atoms with Crippen molar-refractivity contribution in [2.24, 2.45) is 0 Å². The molecule has 1 saturated carbocycles. The van der Waals surface area contributed by atoms with E-state index < -0.39 is 0 Å². The monoisotopic (exact) mass is 144 g/mol. The Balaban J connectivity index is 1.94. The molecular formula is C7H12O3. The first-order valence-electron chi connectivity index (χ1n) is 3.60. The minimum Gasteiger partial charge on any atom is -0.464 e. The fraction of sp³-hybridized carbons (Fsp3) is 0.857. The van der Waals surface area contributed by atoms with Gasteiger partial charge in [-0.3, -0.25) is 0 Å². The summed E-state index contributed by atoms with van der Waals surface area (Å²) in [6, 6.07) is 0. The van der Waals surface area contributed by atoms with Crippen molar-refractivity contribution in [2.45, 2.75) is 25.9 Å². The van der Waals surface area contributed by atoms with Gasteiger partial charge in [-0.15, -0.1) is 0 Å². The van der Waals surface area contributed by atoms with Gasteiger partial charge in [-0.2, -0.15) is 0 Å². The van der Waals surface area contributed by atoms with E-state index in [1.807, 2.05) is 0 Å². The van der Waals surface area contributed by atoms with E-state index >= 15 is 0 Å². The third kappa shape index (κ3) is 2.82. The number of ether oxygens (including phenoxy) is 2. The predicted octanol–water partition coefficient (Wildman–Crippen LogP) is 0.728. The summed E-state index contributed by atoms with van der Waals surface area (Å²) in [5.41, 5.74) is 0. The molecule has 0 bridgehead atoms. The molecule has 0 N–H and O–H groups in total. The number of esters is 1.